The molecule has 0 aliphatic heterocycles. The first kappa shape index (κ1) is 11.0. The second-order valence-electron chi connectivity index (χ2n) is 3.63. The average Bonchev–Trinajstić information content (AvgIpc) is 2.68. The van der Waals surface area contributed by atoms with E-state index in [2.05, 4.69) is 0 Å². The van der Waals surface area contributed by atoms with E-state index in [4.69, 9.17) is 16.0 Å². The van der Waals surface area contributed by atoms with Crippen LogP contribution in [0.25, 0.3) is 0 Å². The van der Waals surface area contributed by atoms with Crippen molar-refractivity contribution in [1.82, 2.24) is 0 Å². The number of hydrogen-bond acceptors (Lipinski definition) is 2. The van der Waals surface area contributed by atoms with Crippen molar-refractivity contribution in [2.75, 3.05) is 0 Å². The van der Waals surface area contributed by atoms with Gasteiger partial charge in [-0.15, -0.1) is 0 Å². The summed E-state index contributed by atoms with van der Waals surface area (Å²) in [4.78, 5) is 11.9. The number of rotatable bonds is 3. The third-order valence-corrected chi connectivity index (χ3v) is 2.82. The SMILES string of the molecule is Cc1ccccc1CC(=O)c1ccoc1Cl. The van der Waals surface area contributed by atoms with E-state index in [-0.39, 0.29) is 11.0 Å². The van der Waals surface area contributed by atoms with E-state index in [1.807, 2.05) is 31.2 Å². The van der Waals surface area contributed by atoms with Gasteiger partial charge < -0.3 is 4.42 Å². The molecular formula is C13H11ClO2. The number of Topliss-reactive ketones (excluding diaryl/α,β-unsaturated/α-hetero) is 1. The van der Waals surface area contributed by atoms with Crippen LogP contribution < -0.4 is 0 Å². The van der Waals surface area contributed by atoms with E-state index in [0.29, 0.717) is 12.0 Å². The molecule has 0 spiro atoms. The first-order valence-electron chi connectivity index (χ1n) is 4.99. The van der Waals surface area contributed by atoms with Crippen LogP contribution in [0.1, 0.15) is 21.5 Å². The highest BCUT2D eigenvalue weighted by Gasteiger charge is 2.14. The fraction of sp³-hybridized carbons (Fsp3) is 0.154. The van der Waals surface area contributed by atoms with Crippen LogP contribution in [0.5, 0.6) is 0 Å². The van der Waals surface area contributed by atoms with Crippen LogP contribution in [-0.4, -0.2) is 5.78 Å². The molecule has 0 bridgehead atoms. The van der Waals surface area contributed by atoms with Crippen LogP contribution in [0.2, 0.25) is 5.22 Å². The lowest BCUT2D eigenvalue weighted by Crippen LogP contribution is -2.04. The zero-order valence-electron chi connectivity index (χ0n) is 8.87. The summed E-state index contributed by atoms with van der Waals surface area (Å²) < 4.78 is 4.90. The molecule has 0 N–H and O–H groups in total. The normalized spacial score (nSPS) is 10.4. The fourth-order valence-corrected chi connectivity index (χ4v) is 1.79. The van der Waals surface area contributed by atoms with Crippen LogP contribution in [-0.2, 0) is 6.42 Å². The minimum absolute atomic E-state index is 0.0203. The lowest BCUT2D eigenvalue weighted by molar-refractivity contribution is 0.0992. The molecule has 0 aliphatic carbocycles. The Morgan fingerprint density at radius 1 is 1.31 bits per heavy atom. The van der Waals surface area contributed by atoms with Gasteiger partial charge in [-0.25, -0.2) is 0 Å². The summed E-state index contributed by atoms with van der Waals surface area (Å²) in [6, 6.07) is 9.41. The molecule has 3 heteroatoms. The number of carbonyl (C=O) groups is 1. The molecular weight excluding hydrogens is 224 g/mol. The van der Waals surface area contributed by atoms with Crippen molar-refractivity contribution < 1.29 is 9.21 Å². The first-order chi connectivity index (χ1) is 7.68. The zero-order valence-corrected chi connectivity index (χ0v) is 9.62. The van der Waals surface area contributed by atoms with Crippen molar-refractivity contribution >= 4 is 17.4 Å². The second kappa shape index (κ2) is 4.54. The molecule has 0 amide bonds. The van der Waals surface area contributed by atoms with E-state index >= 15 is 0 Å². The van der Waals surface area contributed by atoms with Gasteiger partial charge in [0.25, 0.3) is 0 Å². The quantitative estimate of drug-likeness (QED) is 0.759. The van der Waals surface area contributed by atoms with Crippen LogP contribution in [0.3, 0.4) is 0 Å². The summed E-state index contributed by atoms with van der Waals surface area (Å²) in [6.07, 6.45) is 1.78. The van der Waals surface area contributed by atoms with E-state index in [9.17, 15) is 4.79 Å². The van der Waals surface area contributed by atoms with Gasteiger partial charge >= 0.3 is 0 Å². The van der Waals surface area contributed by atoms with E-state index in [0.717, 1.165) is 11.1 Å². The minimum atomic E-state index is -0.0203. The molecule has 16 heavy (non-hydrogen) atoms. The van der Waals surface area contributed by atoms with Crippen LogP contribution >= 0.6 is 11.6 Å². The molecule has 1 aromatic heterocycles. The fourth-order valence-electron chi connectivity index (χ4n) is 1.57. The first-order valence-corrected chi connectivity index (χ1v) is 5.37. The van der Waals surface area contributed by atoms with Crippen LogP contribution in [0.4, 0.5) is 0 Å². The van der Waals surface area contributed by atoms with Crippen molar-refractivity contribution in [2.45, 2.75) is 13.3 Å². The number of ketones is 1. The predicted octanol–water partition coefficient (Wildman–Crippen LogP) is 3.67. The van der Waals surface area contributed by atoms with Gasteiger partial charge in [-0.2, -0.15) is 0 Å². The highest BCUT2D eigenvalue weighted by Crippen LogP contribution is 2.19. The van der Waals surface area contributed by atoms with Crippen LogP contribution in [0.15, 0.2) is 41.0 Å². The van der Waals surface area contributed by atoms with Gasteiger partial charge in [-0.3, -0.25) is 4.79 Å². The van der Waals surface area contributed by atoms with Gasteiger partial charge in [-0.1, -0.05) is 24.3 Å². The maximum absolute atomic E-state index is 11.9. The maximum Gasteiger partial charge on any atom is 0.203 e. The molecule has 0 saturated carbocycles. The molecule has 0 radical (unpaired) electrons. The van der Waals surface area contributed by atoms with Gasteiger partial charge in [-0.05, 0) is 35.7 Å². The minimum Gasteiger partial charge on any atom is -0.452 e. The average molecular weight is 235 g/mol. The van der Waals surface area contributed by atoms with Gasteiger partial charge in [0.15, 0.2) is 5.78 Å². The van der Waals surface area contributed by atoms with Gasteiger partial charge in [0, 0.05) is 6.42 Å². The van der Waals surface area contributed by atoms with Gasteiger partial charge in [0.05, 0.1) is 11.8 Å². The number of furan rings is 1. The Morgan fingerprint density at radius 2 is 2.06 bits per heavy atom. The van der Waals surface area contributed by atoms with Crippen molar-refractivity contribution in [3.05, 3.63) is 58.5 Å². The summed E-state index contributed by atoms with van der Waals surface area (Å²) in [5.74, 6) is -0.0203. The van der Waals surface area contributed by atoms with Crippen molar-refractivity contribution in [1.29, 1.82) is 0 Å². The third kappa shape index (κ3) is 2.17. The summed E-state index contributed by atoms with van der Waals surface area (Å²) in [5.41, 5.74) is 2.57. The second-order valence-corrected chi connectivity index (χ2v) is 3.98. The summed E-state index contributed by atoms with van der Waals surface area (Å²) in [6.45, 7) is 1.99. The molecule has 1 aromatic carbocycles. The standard InChI is InChI=1S/C13H11ClO2/c1-9-4-2-3-5-10(9)8-12(15)11-6-7-16-13(11)14/h2-7H,8H2,1H3. The molecule has 82 valence electrons. The molecule has 0 fully saturated rings. The van der Waals surface area contributed by atoms with Crippen LogP contribution in [0, 0.1) is 6.92 Å². The molecule has 2 nitrogen and oxygen atoms in total. The Bertz CT molecular complexity index is 514. The molecule has 0 aliphatic rings. The van der Waals surface area contributed by atoms with E-state index in [1.165, 1.54) is 6.26 Å². The van der Waals surface area contributed by atoms with Gasteiger partial charge in [0.1, 0.15) is 0 Å². The molecule has 1 heterocycles. The third-order valence-electron chi connectivity index (χ3n) is 2.53. The highest BCUT2D eigenvalue weighted by molar-refractivity contribution is 6.32. The Balaban J connectivity index is 2.21. The van der Waals surface area contributed by atoms with E-state index < -0.39 is 0 Å². The Hall–Kier alpha value is -1.54. The number of halogens is 1. The topological polar surface area (TPSA) is 30.2 Å². The lowest BCUT2D eigenvalue weighted by Gasteiger charge is -2.03. The smallest absolute Gasteiger partial charge is 0.203 e. The van der Waals surface area contributed by atoms with E-state index in [1.54, 1.807) is 6.07 Å². The summed E-state index contributed by atoms with van der Waals surface area (Å²) >= 11 is 5.75. The number of carbonyl (C=O) groups excluding carboxylic acids is 1. The molecule has 0 saturated heterocycles. The van der Waals surface area contributed by atoms with Crippen molar-refractivity contribution in [3.8, 4) is 0 Å². The maximum atomic E-state index is 11.9. The zero-order chi connectivity index (χ0) is 11.5. The Morgan fingerprint density at radius 3 is 2.69 bits per heavy atom. The van der Waals surface area contributed by atoms with Crippen molar-refractivity contribution in [2.24, 2.45) is 0 Å². The lowest BCUT2D eigenvalue weighted by atomic mass is 10.0. The monoisotopic (exact) mass is 234 g/mol. The number of aryl methyl sites for hydroxylation is 1. The largest absolute Gasteiger partial charge is 0.452 e. The Kier molecular flexibility index (Phi) is 3.11. The molecule has 0 unspecified atom stereocenters. The van der Waals surface area contributed by atoms with Crippen molar-refractivity contribution in [3.63, 3.8) is 0 Å². The number of benzene rings is 1. The predicted molar refractivity (Wildman–Crippen MR) is 62.9 cm³/mol. The molecule has 2 aromatic rings. The summed E-state index contributed by atoms with van der Waals surface area (Å²) in [5, 5.41) is 0.165. The van der Waals surface area contributed by atoms with Gasteiger partial charge in [0.2, 0.25) is 5.22 Å². The molecule has 0 atom stereocenters. The Labute approximate surface area is 98.8 Å². The summed E-state index contributed by atoms with van der Waals surface area (Å²) in [7, 11) is 0. The highest BCUT2D eigenvalue weighted by atomic mass is 35.5. The number of hydrogen-bond donors (Lipinski definition) is 0. The molecule has 2 rings (SSSR count).